The van der Waals surface area contributed by atoms with Crippen LogP contribution in [-0.2, 0) is 17.6 Å². The van der Waals surface area contributed by atoms with E-state index in [0.29, 0.717) is 12.3 Å². The van der Waals surface area contributed by atoms with Crippen molar-refractivity contribution in [3.05, 3.63) is 94.8 Å². The molecular formula is C27H30N2O2. The van der Waals surface area contributed by atoms with Gasteiger partial charge in [0.1, 0.15) is 5.75 Å². The lowest BCUT2D eigenvalue weighted by Crippen LogP contribution is -2.38. The van der Waals surface area contributed by atoms with Crippen molar-refractivity contribution in [3.8, 4) is 5.75 Å². The van der Waals surface area contributed by atoms with Crippen LogP contribution in [0, 0.1) is 6.92 Å². The molecule has 1 aliphatic rings. The number of hydrogen-bond donors (Lipinski definition) is 0. The van der Waals surface area contributed by atoms with Gasteiger partial charge in [0, 0.05) is 36.8 Å². The third kappa shape index (κ3) is 5.32. The lowest BCUT2D eigenvalue weighted by atomic mass is 9.92. The maximum Gasteiger partial charge on any atom is 0.226 e. The van der Waals surface area contributed by atoms with Gasteiger partial charge >= 0.3 is 0 Å². The van der Waals surface area contributed by atoms with E-state index in [0.717, 1.165) is 55.1 Å². The Kier molecular flexibility index (Phi) is 6.66. The van der Waals surface area contributed by atoms with Crippen molar-refractivity contribution in [1.29, 1.82) is 0 Å². The molecule has 0 spiro atoms. The van der Waals surface area contributed by atoms with Gasteiger partial charge in [-0.15, -0.1) is 0 Å². The smallest absolute Gasteiger partial charge is 0.226 e. The van der Waals surface area contributed by atoms with E-state index >= 15 is 0 Å². The van der Waals surface area contributed by atoms with Crippen molar-refractivity contribution in [2.24, 2.45) is 0 Å². The Labute approximate surface area is 184 Å². The highest BCUT2D eigenvalue weighted by molar-refractivity contribution is 5.79. The van der Waals surface area contributed by atoms with E-state index in [2.05, 4.69) is 49.4 Å². The summed E-state index contributed by atoms with van der Waals surface area (Å²) in [7, 11) is 1.65. The molecule has 1 aliphatic heterocycles. The highest BCUT2D eigenvalue weighted by Gasteiger charge is 2.24. The van der Waals surface area contributed by atoms with Crippen LogP contribution in [-0.4, -0.2) is 36.0 Å². The summed E-state index contributed by atoms with van der Waals surface area (Å²) in [4.78, 5) is 19.7. The molecule has 4 heteroatoms. The second-order valence-corrected chi connectivity index (χ2v) is 8.34. The summed E-state index contributed by atoms with van der Waals surface area (Å²) < 4.78 is 5.19. The number of hydrogen-bond acceptors (Lipinski definition) is 3. The molecule has 2 aromatic carbocycles. The molecule has 1 fully saturated rings. The number of methoxy groups -OCH3 is 1. The maximum atomic E-state index is 12.7. The molecule has 0 unspecified atom stereocenters. The highest BCUT2D eigenvalue weighted by atomic mass is 16.5. The molecule has 4 nitrogen and oxygen atoms in total. The van der Waals surface area contributed by atoms with Crippen LogP contribution in [0.25, 0.3) is 0 Å². The molecule has 1 saturated heterocycles. The molecule has 31 heavy (non-hydrogen) atoms. The number of carbonyl (C=O) groups excluding carboxylic acids is 1. The van der Waals surface area contributed by atoms with Gasteiger partial charge in [0.2, 0.25) is 5.91 Å². The number of amides is 1. The monoisotopic (exact) mass is 414 g/mol. The van der Waals surface area contributed by atoms with Gasteiger partial charge < -0.3 is 9.64 Å². The molecule has 1 aromatic heterocycles. The lowest BCUT2D eigenvalue weighted by Gasteiger charge is -2.32. The summed E-state index contributed by atoms with van der Waals surface area (Å²) in [6.45, 7) is 3.74. The van der Waals surface area contributed by atoms with Crippen molar-refractivity contribution < 1.29 is 9.53 Å². The molecular weight excluding hydrogens is 384 g/mol. The molecule has 4 rings (SSSR count). The topological polar surface area (TPSA) is 42.4 Å². The van der Waals surface area contributed by atoms with Gasteiger partial charge in [0.25, 0.3) is 0 Å². The van der Waals surface area contributed by atoms with Crippen LogP contribution in [0.4, 0.5) is 0 Å². The first kappa shape index (κ1) is 21.1. The minimum Gasteiger partial charge on any atom is -0.497 e. The molecule has 0 radical (unpaired) electrons. The Bertz CT molecular complexity index is 1020. The Morgan fingerprint density at radius 2 is 1.74 bits per heavy atom. The highest BCUT2D eigenvalue weighted by Crippen LogP contribution is 2.27. The van der Waals surface area contributed by atoms with E-state index in [1.54, 1.807) is 7.11 Å². The Morgan fingerprint density at radius 1 is 1.00 bits per heavy atom. The SMILES string of the molecule is COc1ccc(CC(=O)N2CCC(c3cccc(Cc4ccccc4C)n3)CC2)cc1. The van der Waals surface area contributed by atoms with E-state index in [-0.39, 0.29) is 5.91 Å². The van der Waals surface area contributed by atoms with Gasteiger partial charge in [-0.25, -0.2) is 0 Å². The van der Waals surface area contributed by atoms with Crippen LogP contribution in [0.5, 0.6) is 5.75 Å². The van der Waals surface area contributed by atoms with E-state index < -0.39 is 0 Å². The summed E-state index contributed by atoms with van der Waals surface area (Å²) in [5.74, 6) is 1.43. The number of benzene rings is 2. The summed E-state index contributed by atoms with van der Waals surface area (Å²) in [6.07, 6.45) is 3.24. The standard InChI is InChI=1S/C27H30N2O2/c1-20-6-3-4-7-23(20)19-24-8-5-9-26(28-24)22-14-16-29(17-15-22)27(30)18-21-10-12-25(31-2)13-11-21/h3-13,22H,14-19H2,1-2H3. The average Bonchev–Trinajstić information content (AvgIpc) is 2.81. The molecule has 3 aromatic rings. The van der Waals surface area contributed by atoms with Gasteiger partial charge in [-0.05, 0) is 60.7 Å². The van der Waals surface area contributed by atoms with Crippen molar-refractivity contribution >= 4 is 5.91 Å². The largest absolute Gasteiger partial charge is 0.497 e. The normalized spacial score (nSPS) is 14.5. The summed E-state index contributed by atoms with van der Waals surface area (Å²) in [5, 5.41) is 0. The Balaban J connectivity index is 1.34. The predicted octanol–water partition coefficient (Wildman–Crippen LogP) is 4.94. The first-order valence-corrected chi connectivity index (χ1v) is 11.0. The summed E-state index contributed by atoms with van der Waals surface area (Å²) in [5.41, 5.74) is 5.93. The minimum atomic E-state index is 0.199. The third-order valence-electron chi connectivity index (χ3n) is 6.24. The number of likely N-dealkylation sites (tertiary alicyclic amines) is 1. The van der Waals surface area contributed by atoms with Crippen LogP contribution < -0.4 is 4.74 Å². The molecule has 0 bridgehead atoms. The first-order chi connectivity index (χ1) is 15.1. The third-order valence-corrected chi connectivity index (χ3v) is 6.24. The van der Waals surface area contributed by atoms with Gasteiger partial charge in [0.15, 0.2) is 0 Å². The zero-order chi connectivity index (χ0) is 21.6. The molecule has 0 aliphatic carbocycles. The van der Waals surface area contributed by atoms with Crippen LogP contribution in [0.3, 0.4) is 0 Å². The van der Waals surface area contributed by atoms with E-state index in [1.807, 2.05) is 29.2 Å². The van der Waals surface area contributed by atoms with Crippen molar-refractivity contribution in [3.63, 3.8) is 0 Å². The number of ether oxygens (including phenoxy) is 1. The fourth-order valence-corrected chi connectivity index (χ4v) is 4.28. The van der Waals surface area contributed by atoms with Gasteiger partial charge in [-0.2, -0.15) is 0 Å². The predicted molar refractivity (Wildman–Crippen MR) is 123 cm³/mol. The summed E-state index contributed by atoms with van der Waals surface area (Å²) >= 11 is 0. The zero-order valence-corrected chi connectivity index (χ0v) is 18.4. The Hall–Kier alpha value is -3.14. The first-order valence-electron chi connectivity index (χ1n) is 11.0. The van der Waals surface area contributed by atoms with Crippen LogP contribution in [0.2, 0.25) is 0 Å². The van der Waals surface area contributed by atoms with Crippen molar-refractivity contribution in [2.75, 3.05) is 20.2 Å². The molecule has 0 saturated carbocycles. The zero-order valence-electron chi connectivity index (χ0n) is 18.4. The molecule has 0 atom stereocenters. The average molecular weight is 415 g/mol. The van der Waals surface area contributed by atoms with Crippen molar-refractivity contribution in [2.45, 2.75) is 38.5 Å². The van der Waals surface area contributed by atoms with Crippen LogP contribution in [0.1, 0.15) is 46.8 Å². The van der Waals surface area contributed by atoms with Gasteiger partial charge in [0.05, 0.1) is 13.5 Å². The van der Waals surface area contributed by atoms with Crippen molar-refractivity contribution in [1.82, 2.24) is 9.88 Å². The van der Waals surface area contributed by atoms with Gasteiger partial charge in [-0.3, -0.25) is 9.78 Å². The number of pyridine rings is 1. The fourth-order valence-electron chi connectivity index (χ4n) is 4.28. The molecule has 2 heterocycles. The number of aromatic nitrogens is 1. The fraction of sp³-hybridized carbons (Fsp3) is 0.333. The van der Waals surface area contributed by atoms with Crippen LogP contribution in [0.15, 0.2) is 66.7 Å². The molecule has 160 valence electrons. The summed E-state index contributed by atoms with van der Waals surface area (Å²) in [6, 6.07) is 22.6. The quantitative estimate of drug-likeness (QED) is 0.574. The number of aryl methyl sites for hydroxylation is 1. The molecule has 1 amide bonds. The second kappa shape index (κ2) is 9.78. The van der Waals surface area contributed by atoms with E-state index in [4.69, 9.17) is 9.72 Å². The van der Waals surface area contributed by atoms with Gasteiger partial charge in [-0.1, -0.05) is 42.5 Å². The minimum absolute atomic E-state index is 0.199. The van der Waals surface area contributed by atoms with E-state index in [1.165, 1.54) is 11.1 Å². The Morgan fingerprint density at radius 3 is 2.45 bits per heavy atom. The lowest BCUT2D eigenvalue weighted by molar-refractivity contribution is -0.131. The maximum absolute atomic E-state index is 12.7. The van der Waals surface area contributed by atoms with E-state index in [9.17, 15) is 4.79 Å². The second-order valence-electron chi connectivity index (χ2n) is 8.34. The number of carbonyl (C=O) groups is 1. The number of piperidine rings is 1. The number of rotatable bonds is 6. The number of nitrogens with zero attached hydrogens (tertiary/aromatic N) is 2. The van der Waals surface area contributed by atoms with Crippen LogP contribution >= 0.6 is 0 Å². The molecule has 0 N–H and O–H groups in total.